The van der Waals surface area contributed by atoms with Crippen molar-refractivity contribution in [1.82, 2.24) is 9.71 Å². The molecule has 6 heteroatoms. The zero-order chi connectivity index (χ0) is 19.8. The van der Waals surface area contributed by atoms with E-state index in [0.29, 0.717) is 4.90 Å². The highest BCUT2D eigenvalue weighted by Gasteiger charge is 2.27. The third kappa shape index (κ3) is 3.87. The second kappa shape index (κ2) is 7.02. The van der Waals surface area contributed by atoms with Gasteiger partial charge in [-0.2, -0.15) is 0 Å². The van der Waals surface area contributed by atoms with E-state index in [4.69, 9.17) is 4.74 Å². The van der Waals surface area contributed by atoms with E-state index in [9.17, 15) is 8.42 Å². The van der Waals surface area contributed by atoms with Crippen molar-refractivity contribution in [2.45, 2.75) is 38.0 Å². The van der Waals surface area contributed by atoms with Gasteiger partial charge in [-0.15, -0.1) is 0 Å². The van der Waals surface area contributed by atoms with Crippen molar-refractivity contribution in [2.24, 2.45) is 0 Å². The number of aromatic amines is 1. The largest absolute Gasteiger partial charge is 0.497 e. The van der Waals surface area contributed by atoms with Gasteiger partial charge in [-0.1, -0.05) is 19.9 Å². The first kappa shape index (κ1) is 19.5. The van der Waals surface area contributed by atoms with Gasteiger partial charge < -0.3 is 9.72 Å². The first-order valence-corrected chi connectivity index (χ1v) is 10.3. The zero-order valence-corrected chi connectivity index (χ0v) is 17.2. The van der Waals surface area contributed by atoms with E-state index in [2.05, 4.69) is 9.71 Å². The first-order valence-electron chi connectivity index (χ1n) is 8.86. The van der Waals surface area contributed by atoms with Crippen molar-refractivity contribution in [1.29, 1.82) is 0 Å². The molecule has 2 aromatic carbocycles. The van der Waals surface area contributed by atoms with Crippen LogP contribution >= 0.6 is 0 Å². The Morgan fingerprint density at radius 3 is 2.48 bits per heavy atom. The topological polar surface area (TPSA) is 71.2 Å². The monoisotopic (exact) mass is 386 g/mol. The number of fused-ring (bicyclic) bond motifs is 1. The Morgan fingerprint density at radius 2 is 1.81 bits per heavy atom. The number of ether oxygens (including phenoxy) is 1. The summed E-state index contributed by atoms with van der Waals surface area (Å²) in [7, 11) is -1.94. The van der Waals surface area contributed by atoms with Crippen LogP contribution in [0.2, 0.25) is 0 Å². The minimum atomic E-state index is -3.57. The molecule has 0 aliphatic rings. The lowest BCUT2D eigenvalue weighted by Crippen LogP contribution is -2.36. The number of nitrogens with one attached hydrogen (secondary N) is 2. The highest BCUT2D eigenvalue weighted by atomic mass is 32.2. The molecule has 0 bridgehead atoms. The number of aromatic nitrogens is 1. The third-order valence-corrected chi connectivity index (χ3v) is 6.51. The summed E-state index contributed by atoms with van der Waals surface area (Å²) in [5, 5.41) is 1.03. The highest BCUT2D eigenvalue weighted by molar-refractivity contribution is 7.89. The van der Waals surface area contributed by atoms with E-state index < -0.39 is 15.4 Å². The van der Waals surface area contributed by atoms with Gasteiger partial charge in [0.05, 0.1) is 12.0 Å². The van der Waals surface area contributed by atoms with Crippen LogP contribution in [0, 0.1) is 13.8 Å². The number of hydrogen-bond donors (Lipinski definition) is 2. The molecule has 3 aromatic rings. The summed E-state index contributed by atoms with van der Waals surface area (Å²) in [4.78, 5) is 3.55. The molecule has 0 aliphatic heterocycles. The molecule has 0 radical (unpaired) electrons. The number of hydrogen-bond acceptors (Lipinski definition) is 3. The maximum Gasteiger partial charge on any atom is 0.240 e. The molecule has 0 saturated heterocycles. The number of rotatable bonds is 6. The van der Waals surface area contributed by atoms with Gasteiger partial charge in [-0.25, -0.2) is 13.1 Å². The minimum Gasteiger partial charge on any atom is -0.497 e. The predicted molar refractivity (Wildman–Crippen MR) is 109 cm³/mol. The molecule has 0 amide bonds. The summed E-state index contributed by atoms with van der Waals surface area (Å²) >= 11 is 0. The fourth-order valence-corrected chi connectivity index (χ4v) is 4.42. The average molecular weight is 387 g/mol. The van der Waals surface area contributed by atoms with Gasteiger partial charge in [0.15, 0.2) is 0 Å². The molecule has 0 aliphatic carbocycles. The van der Waals surface area contributed by atoms with E-state index in [0.717, 1.165) is 33.3 Å². The van der Waals surface area contributed by atoms with Crippen molar-refractivity contribution < 1.29 is 13.2 Å². The van der Waals surface area contributed by atoms with E-state index in [1.807, 2.05) is 58.2 Å². The van der Waals surface area contributed by atoms with Crippen LogP contribution in [0.4, 0.5) is 0 Å². The SMILES string of the molecule is COc1ccc2[nH]cc(C(C)(C)CNS(=O)(=O)c3ccc(C)c(C)c3)c2c1. The Balaban J connectivity index is 1.87. The van der Waals surface area contributed by atoms with E-state index >= 15 is 0 Å². The lowest BCUT2D eigenvalue weighted by molar-refractivity contribution is 0.415. The average Bonchev–Trinajstić information content (AvgIpc) is 3.06. The number of H-pyrrole nitrogens is 1. The molecule has 2 N–H and O–H groups in total. The fourth-order valence-electron chi connectivity index (χ4n) is 3.12. The van der Waals surface area contributed by atoms with Crippen LogP contribution in [0.5, 0.6) is 5.75 Å². The van der Waals surface area contributed by atoms with Crippen LogP contribution in [0.25, 0.3) is 10.9 Å². The second-order valence-electron chi connectivity index (χ2n) is 7.57. The summed E-state index contributed by atoms with van der Waals surface area (Å²) in [6, 6.07) is 11.0. The fraction of sp³-hybridized carbons (Fsp3) is 0.333. The van der Waals surface area contributed by atoms with Gasteiger partial charge in [0.2, 0.25) is 10.0 Å². The van der Waals surface area contributed by atoms with Crippen LogP contribution in [-0.4, -0.2) is 27.1 Å². The summed E-state index contributed by atoms with van der Waals surface area (Å²) < 4.78 is 33.6. The number of sulfonamides is 1. The molecule has 5 nitrogen and oxygen atoms in total. The molecule has 144 valence electrons. The second-order valence-corrected chi connectivity index (χ2v) is 9.34. The van der Waals surface area contributed by atoms with Crippen LogP contribution in [0.3, 0.4) is 0 Å². The van der Waals surface area contributed by atoms with Gasteiger partial charge in [0.25, 0.3) is 0 Å². The van der Waals surface area contributed by atoms with Gasteiger partial charge in [-0.3, -0.25) is 0 Å². The number of methoxy groups -OCH3 is 1. The molecule has 1 aromatic heterocycles. The molecule has 3 rings (SSSR count). The van der Waals surface area contributed by atoms with Gasteiger partial charge in [0.1, 0.15) is 5.75 Å². The van der Waals surface area contributed by atoms with Gasteiger partial charge >= 0.3 is 0 Å². The lowest BCUT2D eigenvalue weighted by atomic mass is 9.84. The maximum absolute atomic E-state index is 12.7. The molecule has 0 fully saturated rings. The molecule has 0 spiro atoms. The molecule has 1 heterocycles. The van der Waals surface area contributed by atoms with Crippen molar-refractivity contribution in [2.75, 3.05) is 13.7 Å². The lowest BCUT2D eigenvalue weighted by Gasteiger charge is -2.25. The molecule has 27 heavy (non-hydrogen) atoms. The Morgan fingerprint density at radius 1 is 1.07 bits per heavy atom. The third-order valence-electron chi connectivity index (χ3n) is 5.11. The van der Waals surface area contributed by atoms with Crippen LogP contribution in [0.15, 0.2) is 47.5 Å². The normalized spacial score (nSPS) is 12.5. The Kier molecular flexibility index (Phi) is 5.06. The van der Waals surface area contributed by atoms with E-state index in [-0.39, 0.29) is 6.54 Å². The Hall–Kier alpha value is -2.31. The van der Waals surface area contributed by atoms with Crippen LogP contribution in [-0.2, 0) is 15.4 Å². The first-order chi connectivity index (χ1) is 12.6. The smallest absolute Gasteiger partial charge is 0.240 e. The van der Waals surface area contributed by atoms with Gasteiger partial charge in [-0.05, 0) is 60.9 Å². The van der Waals surface area contributed by atoms with Crippen LogP contribution in [0.1, 0.15) is 30.5 Å². The molecule has 0 unspecified atom stereocenters. The zero-order valence-electron chi connectivity index (χ0n) is 16.4. The van der Waals surface area contributed by atoms with E-state index in [1.165, 1.54) is 0 Å². The summed E-state index contributed by atoms with van der Waals surface area (Å²) in [5.74, 6) is 0.773. The Bertz CT molecular complexity index is 1080. The quantitative estimate of drug-likeness (QED) is 0.671. The summed E-state index contributed by atoms with van der Waals surface area (Å²) in [6.07, 6.45) is 1.94. The molecular formula is C21H26N2O3S. The Labute approximate surface area is 160 Å². The standard InChI is InChI=1S/C21H26N2O3S/c1-14-6-8-17(10-15(14)2)27(24,25)23-13-21(3,4)19-12-22-20-9-7-16(26-5)11-18(19)20/h6-12,22-23H,13H2,1-5H3. The molecular weight excluding hydrogens is 360 g/mol. The minimum absolute atomic E-state index is 0.284. The highest BCUT2D eigenvalue weighted by Crippen LogP contribution is 2.32. The van der Waals surface area contributed by atoms with Crippen molar-refractivity contribution in [3.05, 3.63) is 59.3 Å². The van der Waals surface area contributed by atoms with Crippen molar-refractivity contribution in [3.8, 4) is 5.75 Å². The molecule has 0 atom stereocenters. The van der Waals surface area contributed by atoms with Gasteiger partial charge in [0, 0.05) is 29.1 Å². The van der Waals surface area contributed by atoms with E-state index in [1.54, 1.807) is 19.2 Å². The van der Waals surface area contributed by atoms with Crippen molar-refractivity contribution >= 4 is 20.9 Å². The summed E-state index contributed by atoms with van der Waals surface area (Å²) in [6.45, 7) is 8.22. The molecule has 0 saturated carbocycles. The number of aryl methyl sites for hydroxylation is 2. The maximum atomic E-state index is 12.7. The van der Waals surface area contributed by atoms with Crippen molar-refractivity contribution in [3.63, 3.8) is 0 Å². The number of benzene rings is 2. The summed E-state index contributed by atoms with van der Waals surface area (Å²) in [5.41, 5.74) is 3.66. The predicted octanol–water partition coefficient (Wildman–Crippen LogP) is 4.05. The van der Waals surface area contributed by atoms with Crippen LogP contribution < -0.4 is 9.46 Å².